The van der Waals surface area contributed by atoms with E-state index < -0.39 is 0 Å². The molecule has 1 saturated heterocycles. The molecule has 1 aromatic heterocycles. The van der Waals surface area contributed by atoms with Gasteiger partial charge in [-0.3, -0.25) is 4.99 Å². The smallest absolute Gasteiger partial charge is 0.152 e. The van der Waals surface area contributed by atoms with Crippen molar-refractivity contribution in [3.05, 3.63) is 68.5 Å². The predicted molar refractivity (Wildman–Crippen MR) is 217 cm³/mol. The minimum absolute atomic E-state index is 0.194. The number of hydrogen-bond donors (Lipinski definition) is 3. The van der Waals surface area contributed by atoms with Gasteiger partial charge in [0.2, 0.25) is 0 Å². The van der Waals surface area contributed by atoms with Crippen molar-refractivity contribution in [1.29, 1.82) is 10.7 Å². The Morgan fingerprint density at radius 1 is 1.20 bits per heavy atom. The Labute approximate surface area is 306 Å². The topological polar surface area (TPSA) is 126 Å². The number of nitrogens with one attached hydrogen (secondary N) is 2. The van der Waals surface area contributed by atoms with E-state index in [2.05, 4.69) is 73.3 Å². The first kappa shape index (κ1) is 42.1. The second-order valence-electron chi connectivity index (χ2n) is 12.9. The standard InChI is InChI=1S/C37H52N8S.C2H6.C2H2/c1-6-10-31(25(2)32-14-8-15-35-37(32)27(22-38)24-46-35)34(40)23-43-29(16-17-30-13-9-20-45(30)5)21-36(41-4)42-19-18-33(39)26(3)44-28-11-7-12-28;2*1-2/h18-19,21,24,28,30,32,40,44H,3-4,6-17,20,23,39H2,1-2,5H3;1-2H3;1-2H/b31-25+,33-18-,36-21+,40-34?,42-19+,43-29?;;/t30-,32?;;/m0../s1. The molecule has 2 fully saturated rings. The molecule has 50 heavy (non-hydrogen) atoms. The van der Waals surface area contributed by atoms with Crippen molar-refractivity contribution in [3.63, 3.8) is 0 Å². The molecule has 0 spiro atoms. The van der Waals surface area contributed by atoms with Gasteiger partial charge in [-0.15, -0.1) is 24.2 Å². The summed E-state index contributed by atoms with van der Waals surface area (Å²) in [6.07, 6.45) is 25.9. The van der Waals surface area contributed by atoms with Crippen molar-refractivity contribution in [1.82, 2.24) is 10.2 Å². The van der Waals surface area contributed by atoms with Crippen LogP contribution in [0.15, 0.2) is 67.4 Å². The number of terminal acetylenes is 1. The second-order valence-corrected chi connectivity index (χ2v) is 13.8. The van der Waals surface area contributed by atoms with Gasteiger partial charge in [0.05, 0.1) is 29.2 Å². The fourth-order valence-electron chi connectivity index (χ4n) is 6.74. The Kier molecular flexibility index (Phi) is 19.1. The molecule has 1 saturated carbocycles. The molecule has 0 aromatic carbocycles. The van der Waals surface area contributed by atoms with Gasteiger partial charge in [-0.2, -0.15) is 5.26 Å². The van der Waals surface area contributed by atoms with Gasteiger partial charge in [0.1, 0.15) is 6.07 Å². The third kappa shape index (κ3) is 12.1. The van der Waals surface area contributed by atoms with Crippen LogP contribution in [-0.2, 0) is 6.42 Å². The summed E-state index contributed by atoms with van der Waals surface area (Å²) < 4.78 is 0. The largest absolute Gasteiger partial charge is 0.397 e. The number of thiophene rings is 1. The maximum Gasteiger partial charge on any atom is 0.152 e. The normalized spacial score (nSPS) is 20.2. The monoisotopic (exact) mass is 696 g/mol. The van der Waals surface area contributed by atoms with E-state index in [4.69, 9.17) is 10.7 Å². The zero-order valence-corrected chi connectivity index (χ0v) is 32.0. The second kappa shape index (κ2) is 22.6. The highest BCUT2D eigenvalue weighted by atomic mass is 32.1. The first-order valence-corrected chi connectivity index (χ1v) is 19.1. The lowest BCUT2D eigenvalue weighted by Gasteiger charge is -2.28. The Balaban J connectivity index is 0.00000209. The van der Waals surface area contributed by atoms with Gasteiger partial charge < -0.3 is 21.4 Å². The summed E-state index contributed by atoms with van der Waals surface area (Å²) in [5.41, 5.74) is 13.2. The first-order valence-electron chi connectivity index (χ1n) is 18.2. The summed E-state index contributed by atoms with van der Waals surface area (Å²) in [5.74, 6) is 0.655. The molecule has 1 aromatic rings. The molecule has 8 nitrogen and oxygen atoms in total. The maximum absolute atomic E-state index is 9.80. The number of allylic oxidation sites excluding steroid dienone is 3. The van der Waals surface area contributed by atoms with Crippen LogP contribution in [0, 0.1) is 29.6 Å². The number of aryl methyl sites for hydroxylation is 1. The quantitative estimate of drug-likeness (QED) is 0.0907. The number of rotatable bonds is 16. The Hall–Kier alpha value is -4.05. The molecule has 0 amide bonds. The molecule has 270 valence electrons. The molecule has 9 heteroatoms. The van der Waals surface area contributed by atoms with Crippen LogP contribution in [0.5, 0.6) is 0 Å². The molecule has 0 bridgehead atoms. The van der Waals surface area contributed by atoms with Crippen LogP contribution < -0.4 is 11.1 Å². The molecule has 4 rings (SSSR count). The van der Waals surface area contributed by atoms with Crippen LogP contribution in [0.25, 0.3) is 0 Å². The van der Waals surface area contributed by atoms with Gasteiger partial charge in [0, 0.05) is 46.3 Å². The van der Waals surface area contributed by atoms with Gasteiger partial charge in [-0.25, -0.2) is 9.98 Å². The van der Waals surface area contributed by atoms with E-state index in [1.165, 1.54) is 35.3 Å². The lowest BCUT2D eigenvalue weighted by atomic mass is 9.78. The molecule has 1 unspecified atom stereocenters. The van der Waals surface area contributed by atoms with E-state index in [1.807, 2.05) is 25.3 Å². The molecule has 1 aliphatic heterocycles. The first-order chi connectivity index (χ1) is 24.2. The number of nitrogens with two attached hydrogens (primary N) is 1. The van der Waals surface area contributed by atoms with Crippen molar-refractivity contribution in [2.75, 3.05) is 20.1 Å². The molecule has 4 N–H and O–H groups in total. The number of nitriles is 1. The Bertz CT molecular complexity index is 1510. The van der Waals surface area contributed by atoms with Gasteiger partial charge in [0.15, 0.2) is 5.82 Å². The van der Waals surface area contributed by atoms with Gasteiger partial charge in [-0.1, -0.05) is 39.3 Å². The summed E-state index contributed by atoms with van der Waals surface area (Å²) in [6, 6.07) is 3.40. The van der Waals surface area contributed by atoms with Crippen molar-refractivity contribution in [2.24, 2.45) is 20.7 Å². The third-order valence-corrected chi connectivity index (χ3v) is 10.8. The fourth-order valence-corrected chi connectivity index (χ4v) is 7.82. The van der Waals surface area contributed by atoms with Gasteiger partial charge >= 0.3 is 0 Å². The Morgan fingerprint density at radius 2 is 1.94 bits per heavy atom. The number of fused-ring (bicyclic) bond motifs is 1. The molecule has 3 aliphatic rings. The van der Waals surface area contributed by atoms with Crippen molar-refractivity contribution in [3.8, 4) is 18.9 Å². The number of aliphatic imine (C=N–C) groups is 3. The molecule has 2 aliphatic carbocycles. The lowest BCUT2D eigenvalue weighted by Crippen LogP contribution is -2.35. The van der Waals surface area contributed by atoms with Crippen molar-refractivity contribution in [2.45, 2.75) is 123 Å². The van der Waals surface area contributed by atoms with Gasteiger partial charge in [-0.05, 0) is 115 Å². The van der Waals surface area contributed by atoms with Crippen LogP contribution in [0.1, 0.15) is 120 Å². The summed E-state index contributed by atoms with van der Waals surface area (Å²) in [4.78, 5) is 17.5. The zero-order chi connectivity index (χ0) is 37.1. The molecule has 2 atom stereocenters. The highest BCUT2D eigenvalue weighted by Gasteiger charge is 2.28. The molecule has 0 radical (unpaired) electrons. The van der Waals surface area contributed by atoms with Crippen LogP contribution in [0.2, 0.25) is 0 Å². The summed E-state index contributed by atoms with van der Waals surface area (Å²) in [5, 5.41) is 24.4. The number of likely N-dealkylation sites (tertiary alicyclic amines) is 1. The van der Waals surface area contributed by atoms with E-state index in [1.54, 1.807) is 23.6 Å². The minimum atomic E-state index is 0.194. The zero-order valence-electron chi connectivity index (χ0n) is 31.2. The number of nitrogens with zero attached hydrogens (tertiary/aromatic N) is 5. The SMILES string of the molecule is C#C.C=NC(=C\C(CC[C@@H]1CCCN1C)=NCC(=N)/C(CCC)=C(\C)C1CCCc2scc(C#N)c21)/N=C/C=C(\N)C(=C)NC1CCC1.CC. The van der Waals surface area contributed by atoms with Gasteiger partial charge in [0.25, 0.3) is 0 Å². The average molecular weight is 697 g/mol. The summed E-state index contributed by atoms with van der Waals surface area (Å²) in [7, 11) is 2.19. The van der Waals surface area contributed by atoms with E-state index in [0.29, 0.717) is 41.6 Å². The van der Waals surface area contributed by atoms with E-state index in [9.17, 15) is 10.7 Å². The highest BCUT2D eigenvalue weighted by molar-refractivity contribution is 7.10. The van der Waals surface area contributed by atoms with Crippen molar-refractivity contribution >= 4 is 35.7 Å². The predicted octanol–water partition coefficient (Wildman–Crippen LogP) is 8.88. The van der Waals surface area contributed by atoms with Crippen LogP contribution in [0.3, 0.4) is 0 Å². The van der Waals surface area contributed by atoms with Crippen LogP contribution in [0.4, 0.5) is 0 Å². The maximum atomic E-state index is 9.80. The van der Waals surface area contributed by atoms with Crippen LogP contribution >= 0.6 is 11.3 Å². The van der Waals surface area contributed by atoms with Crippen LogP contribution in [-0.4, -0.2) is 61.5 Å². The summed E-state index contributed by atoms with van der Waals surface area (Å²) in [6.45, 7) is 17.6. The average Bonchev–Trinajstić information content (AvgIpc) is 3.75. The fraction of sp³-hybridized carbons (Fsp3) is 0.537. The third-order valence-electron chi connectivity index (χ3n) is 9.73. The van der Waals surface area contributed by atoms with E-state index in [-0.39, 0.29) is 5.92 Å². The summed E-state index contributed by atoms with van der Waals surface area (Å²) >= 11 is 1.71. The Morgan fingerprint density at radius 3 is 2.54 bits per heavy atom. The van der Waals surface area contributed by atoms with Crippen molar-refractivity contribution < 1.29 is 0 Å². The minimum Gasteiger partial charge on any atom is -0.397 e. The lowest BCUT2D eigenvalue weighted by molar-refractivity contribution is 0.300. The highest BCUT2D eigenvalue weighted by Crippen LogP contribution is 2.43. The molecule has 2 heterocycles. The molecular formula is C41H60N8S. The van der Waals surface area contributed by atoms with E-state index >= 15 is 0 Å². The molecular weight excluding hydrogens is 637 g/mol. The number of hydrogen-bond acceptors (Lipinski definition) is 9. The van der Waals surface area contributed by atoms with E-state index in [0.717, 1.165) is 81.2 Å².